The molecule has 0 saturated carbocycles. The fraction of sp³-hybridized carbons (Fsp3) is 0.389. The molecule has 0 N–H and O–H groups in total. The molecule has 15 heteroatoms. The Labute approximate surface area is 317 Å². The van der Waals surface area contributed by atoms with Crippen molar-refractivity contribution in [2.24, 2.45) is 0 Å². The van der Waals surface area contributed by atoms with E-state index in [0.29, 0.717) is 28.9 Å². The van der Waals surface area contributed by atoms with Crippen LogP contribution in [0, 0.1) is 13.8 Å². The summed E-state index contributed by atoms with van der Waals surface area (Å²) >= 11 is 16.8. The summed E-state index contributed by atoms with van der Waals surface area (Å²) < 4.78 is 15.4. The lowest BCUT2D eigenvalue weighted by atomic mass is 10.1. The first-order chi connectivity index (χ1) is 24.1. The van der Waals surface area contributed by atoms with Crippen LogP contribution in [0.15, 0.2) is 67.4 Å². The predicted octanol–water partition coefficient (Wildman–Crippen LogP) is 10.2. The molecule has 2 aromatic carbocycles. The molecule has 6 aromatic rings. The average Bonchev–Trinajstić information content (AvgIpc) is 3.61. The maximum absolute atomic E-state index is 6.02. The van der Waals surface area contributed by atoms with Crippen molar-refractivity contribution in [3.63, 3.8) is 0 Å². The smallest absolute Gasteiger partial charge is 0.140 e. The van der Waals surface area contributed by atoms with E-state index in [1.807, 2.05) is 15.6 Å². The van der Waals surface area contributed by atoms with Crippen LogP contribution in [0.25, 0.3) is 33.2 Å². The standard InChI is InChI=1S/C18H23ClN4OSi.C14H22N2OSi.C4H2Cl2N2/c1-13-5-6-16-14(9-13)18(15-10-17(19)21-11-20-15)22-23(16)12-24-7-8-25(2,3)4;1-12-5-6-14-13(9-12)10-15-16(14)11-17-7-8-18(2,3)4;5-3-1-4(6)8-2-7-3/h5-6,9-11H,7-8,12H2,1-4H3;5-6,9-10H,7-8,11H2,1-4H3;1-2H. The Kier molecular flexibility index (Phi) is 14.7. The Morgan fingerprint density at radius 1 is 0.627 bits per heavy atom. The van der Waals surface area contributed by atoms with Crippen LogP contribution >= 0.6 is 34.8 Å². The molecular formula is C36H47Cl3N8O2Si2. The summed E-state index contributed by atoms with van der Waals surface area (Å²) in [5.74, 6) is 0. The van der Waals surface area contributed by atoms with E-state index in [1.54, 1.807) is 6.07 Å². The van der Waals surface area contributed by atoms with Crippen molar-refractivity contribution in [2.75, 3.05) is 13.2 Å². The number of rotatable bonds is 11. The highest BCUT2D eigenvalue weighted by atomic mass is 35.5. The van der Waals surface area contributed by atoms with E-state index in [1.165, 1.54) is 41.3 Å². The molecule has 0 fully saturated rings. The molecule has 4 heterocycles. The van der Waals surface area contributed by atoms with Gasteiger partial charge in [0.05, 0.1) is 22.9 Å². The molecule has 0 aliphatic carbocycles. The lowest BCUT2D eigenvalue weighted by Gasteiger charge is -2.15. The van der Waals surface area contributed by atoms with Crippen LogP contribution in [0.2, 0.25) is 66.8 Å². The fourth-order valence-electron chi connectivity index (χ4n) is 4.72. The van der Waals surface area contributed by atoms with E-state index in [4.69, 9.17) is 49.4 Å². The van der Waals surface area contributed by atoms with Crippen LogP contribution in [-0.4, -0.2) is 68.9 Å². The molecule has 272 valence electrons. The second-order valence-electron chi connectivity index (χ2n) is 14.7. The minimum atomic E-state index is -1.10. The Morgan fingerprint density at radius 3 is 1.71 bits per heavy atom. The first kappa shape index (κ1) is 40.5. The van der Waals surface area contributed by atoms with Gasteiger partial charge < -0.3 is 9.47 Å². The molecule has 0 radical (unpaired) electrons. The number of fused-ring (bicyclic) bond motifs is 2. The maximum Gasteiger partial charge on any atom is 0.140 e. The zero-order valence-corrected chi connectivity index (χ0v) is 34.9. The Balaban J connectivity index is 0.000000194. The molecule has 0 amide bonds. The number of hydrogen-bond acceptors (Lipinski definition) is 8. The third kappa shape index (κ3) is 13.4. The van der Waals surface area contributed by atoms with E-state index >= 15 is 0 Å². The fourth-order valence-corrected chi connectivity index (χ4v) is 6.73. The summed E-state index contributed by atoms with van der Waals surface area (Å²) in [5.41, 5.74) is 6.14. The van der Waals surface area contributed by atoms with E-state index in [2.05, 4.69) is 115 Å². The van der Waals surface area contributed by atoms with Crippen molar-refractivity contribution in [2.45, 2.75) is 78.7 Å². The van der Waals surface area contributed by atoms with Crippen LogP contribution in [-0.2, 0) is 22.9 Å². The average molecular weight is 786 g/mol. The van der Waals surface area contributed by atoms with Gasteiger partial charge in [0.15, 0.2) is 0 Å². The van der Waals surface area contributed by atoms with Gasteiger partial charge in [-0.1, -0.05) is 97.3 Å². The highest BCUT2D eigenvalue weighted by Crippen LogP contribution is 2.28. The van der Waals surface area contributed by atoms with Gasteiger partial charge in [-0.05, 0) is 50.2 Å². The summed E-state index contributed by atoms with van der Waals surface area (Å²) in [6.45, 7) is 20.9. The third-order valence-electron chi connectivity index (χ3n) is 7.60. The van der Waals surface area contributed by atoms with Crippen LogP contribution in [0.1, 0.15) is 11.1 Å². The summed E-state index contributed by atoms with van der Waals surface area (Å²) in [6.07, 6.45) is 4.68. The first-order valence-electron chi connectivity index (χ1n) is 16.7. The molecule has 6 rings (SSSR count). The number of benzene rings is 2. The summed E-state index contributed by atoms with van der Waals surface area (Å²) in [5, 5.41) is 12.5. The van der Waals surface area contributed by atoms with Crippen LogP contribution < -0.4 is 0 Å². The molecule has 51 heavy (non-hydrogen) atoms. The first-order valence-corrected chi connectivity index (χ1v) is 25.3. The SMILES string of the molecule is Cc1ccc2c(c1)c(-c1cc(Cl)ncn1)nn2COCC[Si](C)(C)C.Cc1ccc2c(cnn2COCC[Si](C)(C)C)c1.Clc1cc(Cl)ncn1. The monoisotopic (exact) mass is 784 g/mol. The van der Waals surface area contributed by atoms with Crippen LogP contribution in [0.5, 0.6) is 0 Å². The number of aromatic nitrogens is 8. The summed E-state index contributed by atoms with van der Waals surface area (Å²) in [6, 6.07) is 18.2. The minimum Gasteiger partial charge on any atom is -0.360 e. The van der Waals surface area contributed by atoms with Crippen molar-refractivity contribution in [1.29, 1.82) is 0 Å². The van der Waals surface area contributed by atoms with Crippen LogP contribution in [0.3, 0.4) is 0 Å². The van der Waals surface area contributed by atoms with Gasteiger partial charge in [-0.15, -0.1) is 0 Å². The number of aryl methyl sites for hydroxylation is 2. The minimum absolute atomic E-state index is 0.366. The predicted molar refractivity (Wildman–Crippen MR) is 215 cm³/mol. The van der Waals surface area contributed by atoms with Gasteiger partial charge in [0.2, 0.25) is 0 Å². The quantitative estimate of drug-likeness (QED) is 0.0726. The normalized spacial score (nSPS) is 11.7. The van der Waals surface area contributed by atoms with Gasteiger partial charge in [-0.3, -0.25) is 0 Å². The Morgan fingerprint density at radius 2 is 1.16 bits per heavy atom. The lowest BCUT2D eigenvalue weighted by molar-refractivity contribution is 0.0816. The van der Waals surface area contributed by atoms with Crippen molar-refractivity contribution in [1.82, 2.24) is 39.5 Å². The maximum atomic E-state index is 6.02. The van der Waals surface area contributed by atoms with Crippen LogP contribution in [0.4, 0.5) is 0 Å². The Bertz CT molecular complexity index is 2010. The molecule has 10 nitrogen and oxygen atoms in total. The molecule has 0 spiro atoms. The van der Waals surface area contributed by atoms with Gasteiger partial charge in [0, 0.05) is 52.3 Å². The van der Waals surface area contributed by atoms with E-state index < -0.39 is 16.1 Å². The highest BCUT2D eigenvalue weighted by Gasteiger charge is 2.16. The second-order valence-corrected chi connectivity index (χ2v) is 27.1. The topological polar surface area (TPSA) is 106 Å². The van der Waals surface area contributed by atoms with Crippen molar-refractivity contribution in [3.05, 3.63) is 94.0 Å². The molecule has 4 aromatic heterocycles. The zero-order chi connectivity index (χ0) is 37.2. The molecule has 0 atom stereocenters. The number of hydrogen-bond donors (Lipinski definition) is 0. The molecule has 0 unspecified atom stereocenters. The summed E-state index contributed by atoms with van der Waals surface area (Å²) in [7, 11) is -2.09. The van der Waals surface area contributed by atoms with Gasteiger partial charge >= 0.3 is 0 Å². The molecule has 0 saturated heterocycles. The second kappa shape index (κ2) is 18.5. The Hall–Kier alpha value is -3.24. The molecule has 0 bridgehead atoms. The van der Waals surface area contributed by atoms with Gasteiger partial charge in [0.1, 0.15) is 47.3 Å². The zero-order valence-electron chi connectivity index (χ0n) is 30.6. The number of nitrogens with zero attached hydrogens (tertiary/aromatic N) is 8. The lowest BCUT2D eigenvalue weighted by Crippen LogP contribution is -2.22. The number of ether oxygens (including phenoxy) is 2. The van der Waals surface area contributed by atoms with Gasteiger partial charge in [-0.25, -0.2) is 29.3 Å². The van der Waals surface area contributed by atoms with E-state index in [0.717, 1.165) is 47.1 Å². The molecular weight excluding hydrogens is 739 g/mol. The molecule has 0 aliphatic heterocycles. The highest BCUT2D eigenvalue weighted by molar-refractivity contribution is 6.76. The van der Waals surface area contributed by atoms with Gasteiger partial charge in [0.25, 0.3) is 0 Å². The largest absolute Gasteiger partial charge is 0.360 e. The summed E-state index contributed by atoms with van der Waals surface area (Å²) in [4.78, 5) is 15.5. The van der Waals surface area contributed by atoms with E-state index in [-0.39, 0.29) is 0 Å². The molecule has 0 aliphatic rings. The number of halogens is 3. The van der Waals surface area contributed by atoms with Crippen molar-refractivity contribution < 1.29 is 9.47 Å². The van der Waals surface area contributed by atoms with Gasteiger partial charge in [-0.2, -0.15) is 10.2 Å². The van der Waals surface area contributed by atoms with E-state index in [9.17, 15) is 0 Å². The van der Waals surface area contributed by atoms with Crippen molar-refractivity contribution >= 4 is 72.8 Å². The van der Waals surface area contributed by atoms with Crippen molar-refractivity contribution in [3.8, 4) is 11.4 Å². The third-order valence-corrected chi connectivity index (χ3v) is 11.6.